The van der Waals surface area contributed by atoms with Crippen LogP contribution in [0.2, 0.25) is 0 Å². The van der Waals surface area contributed by atoms with Gasteiger partial charge < -0.3 is 14.8 Å². The van der Waals surface area contributed by atoms with Crippen molar-refractivity contribution in [2.45, 2.75) is 19.0 Å². The van der Waals surface area contributed by atoms with Crippen LogP contribution in [0.1, 0.15) is 12.0 Å². The number of likely N-dealkylation sites (N-methyl/N-ethyl adjacent to an activating group) is 1. The number of nitrogens with zero attached hydrogens (tertiary/aromatic N) is 4. The van der Waals surface area contributed by atoms with E-state index in [0.717, 1.165) is 42.3 Å². The van der Waals surface area contributed by atoms with Gasteiger partial charge in [0.15, 0.2) is 5.82 Å². The topological polar surface area (TPSA) is 38.0 Å². The van der Waals surface area contributed by atoms with Gasteiger partial charge in [-0.3, -0.25) is 4.57 Å². The highest BCUT2D eigenvalue weighted by Crippen LogP contribution is 2.35. The zero-order chi connectivity index (χ0) is 20.9. The van der Waals surface area contributed by atoms with Crippen LogP contribution in [-0.4, -0.2) is 40.3 Å². The molecule has 1 saturated heterocycles. The number of hydrogen-bond donors (Lipinski definition) is 1. The Kier molecular flexibility index (Phi) is 4.21. The molecule has 2 aromatic heterocycles. The Balaban J connectivity index is 1.43. The predicted octanol–water partition coefficient (Wildman–Crippen LogP) is 4.31. The molecule has 2 aliphatic heterocycles. The quantitative estimate of drug-likeness (QED) is 0.479. The molecule has 0 spiro atoms. The lowest BCUT2D eigenvalue weighted by molar-refractivity contribution is 0.617. The van der Waals surface area contributed by atoms with Gasteiger partial charge in [-0.25, -0.2) is 9.37 Å². The Labute approximate surface area is 180 Å². The summed E-state index contributed by atoms with van der Waals surface area (Å²) in [6.45, 7) is 2.88. The van der Waals surface area contributed by atoms with Gasteiger partial charge >= 0.3 is 0 Å². The lowest BCUT2D eigenvalue weighted by Crippen LogP contribution is -2.29. The summed E-state index contributed by atoms with van der Waals surface area (Å²) in [6.07, 6.45) is 7.20. The van der Waals surface area contributed by atoms with Crippen LogP contribution in [0.25, 0.3) is 28.3 Å². The minimum atomic E-state index is -0.219. The average molecular weight is 414 g/mol. The van der Waals surface area contributed by atoms with Crippen LogP contribution in [0.15, 0.2) is 67.1 Å². The second-order valence-corrected chi connectivity index (χ2v) is 8.40. The molecule has 0 saturated carbocycles. The Morgan fingerprint density at radius 1 is 1.06 bits per heavy atom. The highest BCUT2D eigenvalue weighted by atomic mass is 19.1. The van der Waals surface area contributed by atoms with Crippen molar-refractivity contribution in [2.75, 3.05) is 25.0 Å². The summed E-state index contributed by atoms with van der Waals surface area (Å²) in [6, 6.07) is 16.1. The van der Waals surface area contributed by atoms with Crippen molar-refractivity contribution < 1.29 is 4.39 Å². The van der Waals surface area contributed by atoms with E-state index in [0.29, 0.717) is 6.04 Å². The average Bonchev–Trinajstić information content (AvgIpc) is 3.52. The number of rotatable bonds is 3. The monoisotopic (exact) mass is 413 g/mol. The minimum absolute atomic E-state index is 0.219. The summed E-state index contributed by atoms with van der Waals surface area (Å²) >= 11 is 0. The zero-order valence-corrected chi connectivity index (χ0v) is 17.4. The highest BCUT2D eigenvalue weighted by Gasteiger charge is 2.24. The second-order valence-electron chi connectivity index (χ2n) is 8.40. The maximum absolute atomic E-state index is 13.4. The molecule has 6 rings (SSSR count). The molecule has 1 fully saturated rings. The minimum Gasteiger partial charge on any atom is -0.370 e. The smallest absolute Gasteiger partial charge is 0.161 e. The normalized spacial score (nSPS) is 17.2. The number of anilines is 1. The summed E-state index contributed by atoms with van der Waals surface area (Å²) in [4.78, 5) is 7.12. The molecule has 4 aromatic rings. The SMILES string of the molecule is CNC1CCN(c2ccc3c(c2)Cn2cc(-c4ccc(F)cc4)cc2-c2nccn2-3)C1. The third-order valence-corrected chi connectivity index (χ3v) is 6.57. The Morgan fingerprint density at radius 2 is 1.94 bits per heavy atom. The lowest BCUT2D eigenvalue weighted by atomic mass is 10.1. The van der Waals surface area contributed by atoms with E-state index in [1.54, 1.807) is 0 Å². The summed E-state index contributed by atoms with van der Waals surface area (Å²) in [5.41, 5.74) is 6.85. The van der Waals surface area contributed by atoms with Gasteiger partial charge in [0, 0.05) is 55.5 Å². The van der Waals surface area contributed by atoms with Crippen LogP contribution in [0.4, 0.5) is 10.1 Å². The van der Waals surface area contributed by atoms with Gasteiger partial charge in [-0.2, -0.15) is 0 Å². The maximum atomic E-state index is 13.4. The van der Waals surface area contributed by atoms with Crippen LogP contribution in [0.3, 0.4) is 0 Å². The first-order valence-corrected chi connectivity index (χ1v) is 10.7. The molecule has 156 valence electrons. The van der Waals surface area contributed by atoms with Crippen LogP contribution in [0.5, 0.6) is 0 Å². The fourth-order valence-corrected chi connectivity index (χ4v) is 4.86. The Morgan fingerprint density at radius 3 is 2.74 bits per heavy atom. The van der Waals surface area contributed by atoms with Crippen LogP contribution >= 0.6 is 0 Å². The van der Waals surface area contributed by atoms with Crippen molar-refractivity contribution in [3.8, 4) is 28.3 Å². The molecule has 0 amide bonds. The molecule has 0 bridgehead atoms. The van der Waals surface area contributed by atoms with E-state index in [9.17, 15) is 4.39 Å². The molecule has 1 atom stereocenters. The summed E-state index contributed by atoms with van der Waals surface area (Å²) in [5, 5.41) is 3.40. The summed E-state index contributed by atoms with van der Waals surface area (Å²) in [5.74, 6) is 0.709. The first-order valence-electron chi connectivity index (χ1n) is 10.7. The first-order chi connectivity index (χ1) is 15.2. The Bertz CT molecular complexity index is 1250. The van der Waals surface area contributed by atoms with Gasteiger partial charge in [0.05, 0.1) is 11.4 Å². The number of benzene rings is 2. The molecule has 2 aliphatic rings. The molecular weight excluding hydrogens is 389 g/mol. The lowest BCUT2D eigenvalue weighted by Gasteiger charge is -2.21. The van der Waals surface area contributed by atoms with Crippen molar-refractivity contribution in [2.24, 2.45) is 0 Å². The van der Waals surface area contributed by atoms with E-state index in [2.05, 4.69) is 54.8 Å². The molecule has 6 heteroatoms. The van der Waals surface area contributed by atoms with Crippen LogP contribution in [0, 0.1) is 5.82 Å². The van der Waals surface area contributed by atoms with E-state index in [4.69, 9.17) is 0 Å². The molecular formula is C25H24FN5. The van der Waals surface area contributed by atoms with Gasteiger partial charge in [0.1, 0.15) is 5.82 Å². The van der Waals surface area contributed by atoms with E-state index < -0.39 is 0 Å². The van der Waals surface area contributed by atoms with Gasteiger partial charge in [-0.1, -0.05) is 12.1 Å². The van der Waals surface area contributed by atoms with Crippen LogP contribution in [-0.2, 0) is 6.54 Å². The molecule has 5 nitrogen and oxygen atoms in total. The fourth-order valence-electron chi connectivity index (χ4n) is 4.86. The first kappa shape index (κ1) is 18.4. The second kappa shape index (κ2) is 7.10. The van der Waals surface area contributed by atoms with E-state index in [-0.39, 0.29) is 5.82 Å². The molecule has 31 heavy (non-hydrogen) atoms. The van der Waals surface area contributed by atoms with Crippen molar-refractivity contribution in [3.05, 3.63) is 78.5 Å². The van der Waals surface area contributed by atoms with Crippen molar-refractivity contribution in [3.63, 3.8) is 0 Å². The van der Waals surface area contributed by atoms with Gasteiger partial charge in [0.2, 0.25) is 0 Å². The van der Waals surface area contributed by atoms with Crippen molar-refractivity contribution in [1.82, 2.24) is 19.4 Å². The number of hydrogen-bond acceptors (Lipinski definition) is 3. The predicted molar refractivity (Wildman–Crippen MR) is 121 cm³/mol. The molecule has 2 aromatic carbocycles. The number of aromatic nitrogens is 3. The standard InChI is InChI=1S/C25H24FN5/c1-27-21-8-10-29(16-21)22-6-7-23-19(12-22)15-30-14-18(17-2-4-20(26)5-3-17)13-24(30)25-28-9-11-31(23)25/h2-7,9,11-14,21,27H,8,10,15-16H2,1H3. The zero-order valence-electron chi connectivity index (χ0n) is 17.4. The van der Waals surface area contributed by atoms with Gasteiger partial charge in [0.25, 0.3) is 0 Å². The number of imidazole rings is 1. The van der Waals surface area contributed by atoms with Crippen molar-refractivity contribution >= 4 is 5.69 Å². The highest BCUT2D eigenvalue weighted by molar-refractivity contribution is 5.72. The Hall–Kier alpha value is -3.38. The molecule has 1 unspecified atom stereocenters. The van der Waals surface area contributed by atoms with Gasteiger partial charge in [-0.05, 0) is 61.0 Å². The third-order valence-electron chi connectivity index (χ3n) is 6.57. The molecule has 1 N–H and O–H groups in total. The molecule has 0 aliphatic carbocycles. The van der Waals surface area contributed by atoms with Crippen molar-refractivity contribution in [1.29, 1.82) is 0 Å². The maximum Gasteiger partial charge on any atom is 0.161 e. The third kappa shape index (κ3) is 3.06. The van der Waals surface area contributed by atoms with Crippen LogP contribution < -0.4 is 10.2 Å². The number of nitrogens with one attached hydrogen (secondary N) is 1. The number of halogens is 1. The summed E-state index contributed by atoms with van der Waals surface area (Å²) in [7, 11) is 2.04. The van der Waals surface area contributed by atoms with E-state index >= 15 is 0 Å². The fraction of sp³-hybridized carbons (Fsp3) is 0.240. The molecule has 0 radical (unpaired) electrons. The molecule has 4 heterocycles. The van der Waals surface area contributed by atoms with E-state index in [1.165, 1.54) is 35.5 Å². The summed E-state index contributed by atoms with van der Waals surface area (Å²) < 4.78 is 17.8. The number of fused-ring (bicyclic) bond motifs is 5. The van der Waals surface area contributed by atoms with E-state index in [1.807, 2.05) is 31.6 Å². The van der Waals surface area contributed by atoms with Gasteiger partial charge in [-0.15, -0.1) is 0 Å². The largest absolute Gasteiger partial charge is 0.370 e.